The molecule has 2 rings (SSSR count). The van der Waals surface area contributed by atoms with Gasteiger partial charge in [-0.1, -0.05) is 60.7 Å². The molecule has 0 fully saturated rings. The molecule has 2 aromatic carbocycles. The van der Waals surface area contributed by atoms with Crippen LogP contribution in [-0.2, 0) is 4.79 Å². The molecule has 23 heavy (non-hydrogen) atoms. The van der Waals surface area contributed by atoms with Crippen molar-refractivity contribution in [2.75, 3.05) is 7.05 Å². The lowest BCUT2D eigenvalue weighted by Gasteiger charge is -2.08. The Morgan fingerprint density at radius 2 is 1.52 bits per heavy atom. The zero-order valence-corrected chi connectivity index (χ0v) is 12.8. The predicted molar refractivity (Wildman–Crippen MR) is 91.5 cm³/mol. The molecule has 0 aliphatic carbocycles. The summed E-state index contributed by atoms with van der Waals surface area (Å²) in [6.45, 7) is 0. The number of carbonyl (C=O) groups is 2. The van der Waals surface area contributed by atoms with E-state index in [1.165, 1.54) is 7.05 Å². The van der Waals surface area contributed by atoms with Crippen molar-refractivity contribution in [3.05, 3.63) is 89.6 Å². The van der Waals surface area contributed by atoms with Gasteiger partial charge in [0.2, 0.25) is 0 Å². The number of hydrogen-bond donors (Lipinski definition) is 2. The van der Waals surface area contributed by atoms with Crippen molar-refractivity contribution in [3.63, 3.8) is 0 Å². The van der Waals surface area contributed by atoms with Gasteiger partial charge in [-0.3, -0.25) is 9.59 Å². The molecule has 0 saturated carbocycles. The van der Waals surface area contributed by atoms with Crippen LogP contribution in [0.5, 0.6) is 0 Å². The Bertz CT molecular complexity index is 720. The van der Waals surface area contributed by atoms with Gasteiger partial charge in [-0.05, 0) is 23.8 Å². The highest BCUT2D eigenvalue weighted by Gasteiger charge is 2.11. The van der Waals surface area contributed by atoms with Crippen molar-refractivity contribution in [3.8, 4) is 0 Å². The number of likely N-dealkylation sites (N-methyl/N-ethyl adjacent to an activating group) is 1. The molecule has 0 aliphatic rings. The molecule has 116 valence electrons. The summed E-state index contributed by atoms with van der Waals surface area (Å²) in [6, 6.07) is 18.5. The van der Waals surface area contributed by atoms with Crippen molar-refractivity contribution in [2.45, 2.75) is 0 Å². The summed E-state index contributed by atoms with van der Waals surface area (Å²) in [6.07, 6.45) is 5.16. The number of hydrogen-bond acceptors (Lipinski definition) is 2. The number of benzene rings is 2. The topological polar surface area (TPSA) is 58.2 Å². The molecule has 2 aromatic rings. The number of carbonyl (C=O) groups excluding carboxylic acids is 2. The van der Waals surface area contributed by atoms with E-state index in [-0.39, 0.29) is 17.5 Å². The van der Waals surface area contributed by atoms with Crippen molar-refractivity contribution < 1.29 is 9.59 Å². The van der Waals surface area contributed by atoms with E-state index in [1.807, 2.05) is 42.5 Å². The lowest BCUT2D eigenvalue weighted by molar-refractivity contribution is -0.117. The largest absolute Gasteiger partial charge is 0.354 e. The van der Waals surface area contributed by atoms with Gasteiger partial charge in [0.15, 0.2) is 0 Å². The molecular weight excluding hydrogens is 288 g/mol. The van der Waals surface area contributed by atoms with E-state index >= 15 is 0 Å². The second-order valence-electron chi connectivity index (χ2n) is 4.75. The molecule has 0 unspecified atom stereocenters. The summed E-state index contributed by atoms with van der Waals surface area (Å²) in [5.41, 5.74) is 1.69. The first-order valence-corrected chi connectivity index (χ1v) is 7.22. The van der Waals surface area contributed by atoms with E-state index in [0.717, 1.165) is 5.56 Å². The van der Waals surface area contributed by atoms with Gasteiger partial charge in [0, 0.05) is 12.6 Å². The van der Waals surface area contributed by atoms with E-state index < -0.39 is 0 Å². The lowest BCUT2D eigenvalue weighted by Crippen LogP contribution is -2.33. The third-order valence-corrected chi connectivity index (χ3v) is 3.11. The van der Waals surface area contributed by atoms with Gasteiger partial charge in [-0.25, -0.2) is 0 Å². The average Bonchev–Trinajstić information content (AvgIpc) is 2.61. The van der Waals surface area contributed by atoms with Gasteiger partial charge in [-0.15, -0.1) is 0 Å². The summed E-state index contributed by atoms with van der Waals surface area (Å²) >= 11 is 0. The number of nitrogens with one attached hydrogen (secondary N) is 2. The van der Waals surface area contributed by atoms with Crippen LogP contribution in [0.15, 0.2) is 78.5 Å². The lowest BCUT2D eigenvalue weighted by atomic mass is 10.2. The highest BCUT2D eigenvalue weighted by molar-refractivity contribution is 6.02. The molecule has 0 aromatic heterocycles. The Balaban J connectivity index is 2.14. The summed E-state index contributed by atoms with van der Waals surface area (Å²) < 4.78 is 0. The van der Waals surface area contributed by atoms with Gasteiger partial charge in [-0.2, -0.15) is 0 Å². The molecule has 0 bridgehead atoms. The van der Waals surface area contributed by atoms with Gasteiger partial charge in [0.1, 0.15) is 5.70 Å². The van der Waals surface area contributed by atoms with Crippen LogP contribution in [0.2, 0.25) is 0 Å². The fourth-order valence-electron chi connectivity index (χ4n) is 1.91. The minimum atomic E-state index is -0.355. The molecule has 0 spiro atoms. The SMILES string of the molecule is CNC(=O)/C(=C/C=C/c1ccccc1)NC(=O)c1ccccc1. The summed E-state index contributed by atoms with van der Waals surface area (Å²) in [5.74, 6) is -0.680. The van der Waals surface area contributed by atoms with Crippen molar-refractivity contribution in [2.24, 2.45) is 0 Å². The van der Waals surface area contributed by atoms with Crippen LogP contribution in [-0.4, -0.2) is 18.9 Å². The van der Waals surface area contributed by atoms with Crippen LogP contribution >= 0.6 is 0 Å². The fourth-order valence-corrected chi connectivity index (χ4v) is 1.91. The Labute approximate surface area is 135 Å². The molecule has 0 radical (unpaired) electrons. The third-order valence-electron chi connectivity index (χ3n) is 3.11. The monoisotopic (exact) mass is 306 g/mol. The van der Waals surface area contributed by atoms with Crippen LogP contribution in [0.4, 0.5) is 0 Å². The fraction of sp³-hybridized carbons (Fsp3) is 0.0526. The van der Waals surface area contributed by atoms with Crippen LogP contribution in [0.3, 0.4) is 0 Å². The summed E-state index contributed by atoms with van der Waals surface area (Å²) in [4.78, 5) is 24.0. The minimum absolute atomic E-state index is 0.188. The van der Waals surface area contributed by atoms with Crippen LogP contribution < -0.4 is 10.6 Å². The summed E-state index contributed by atoms with van der Waals surface area (Å²) in [7, 11) is 1.52. The smallest absolute Gasteiger partial charge is 0.267 e. The molecule has 0 atom stereocenters. The second-order valence-corrected chi connectivity index (χ2v) is 4.75. The normalized spacial score (nSPS) is 11.3. The number of amides is 2. The van der Waals surface area contributed by atoms with E-state index in [1.54, 1.807) is 36.4 Å². The van der Waals surface area contributed by atoms with Crippen LogP contribution in [0.25, 0.3) is 6.08 Å². The Hall–Kier alpha value is -3.14. The zero-order valence-electron chi connectivity index (χ0n) is 12.8. The number of allylic oxidation sites excluding steroid dienone is 2. The molecule has 0 heterocycles. The van der Waals surface area contributed by atoms with Crippen molar-refractivity contribution >= 4 is 17.9 Å². The Morgan fingerprint density at radius 3 is 2.13 bits per heavy atom. The van der Waals surface area contributed by atoms with Gasteiger partial charge in [0.05, 0.1) is 0 Å². The summed E-state index contributed by atoms with van der Waals surface area (Å²) in [5, 5.41) is 5.14. The quantitative estimate of drug-likeness (QED) is 0.659. The van der Waals surface area contributed by atoms with E-state index in [4.69, 9.17) is 0 Å². The highest BCUT2D eigenvalue weighted by Crippen LogP contribution is 2.03. The van der Waals surface area contributed by atoms with E-state index in [0.29, 0.717) is 5.56 Å². The molecule has 0 saturated heterocycles. The predicted octanol–water partition coefficient (Wildman–Crippen LogP) is 2.76. The molecular formula is C19H18N2O2. The van der Waals surface area contributed by atoms with Crippen LogP contribution in [0, 0.1) is 0 Å². The molecule has 2 N–H and O–H groups in total. The molecule has 4 nitrogen and oxygen atoms in total. The number of rotatable bonds is 5. The first-order chi connectivity index (χ1) is 11.2. The third kappa shape index (κ3) is 4.97. The van der Waals surface area contributed by atoms with Gasteiger partial charge in [0.25, 0.3) is 11.8 Å². The first kappa shape index (κ1) is 16.2. The second kappa shape index (κ2) is 8.34. The van der Waals surface area contributed by atoms with Crippen molar-refractivity contribution in [1.29, 1.82) is 0 Å². The standard InChI is InChI=1S/C19H18N2O2/c1-20-19(23)17(14-8-11-15-9-4-2-5-10-15)21-18(22)16-12-6-3-7-13-16/h2-14H,1H3,(H,20,23)(H,21,22)/b11-8+,17-14-. The van der Waals surface area contributed by atoms with Crippen molar-refractivity contribution in [1.82, 2.24) is 10.6 Å². The van der Waals surface area contributed by atoms with Crippen LogP contribution in [0.1, 0.15) is 15.9 Å². The minimum Gasteiger partial charge on any atom is -0.354 e. The average molecular weight is 306 g/mol. The highest BCUT2D eigenvalue weighted by atomic mass is 16.2. The van der Waals surface area contributed by atoms with Gasteiger partial charge < -0.3 is 10.6 Å². The maximum atomic E-state index is 12.2. The zero-order chi connectivity index (χ0) is 16.5. The molecule has 4 heteroatoms. The van der Waals surface area contributed by atoms with E-state index in [9.17, 15) is 9.59 Å². The Morgan fingerprint density at radius 1 is 0.913 bits per heavy atom. The van der Waals surface area contributed by atoms with E-state index in [2.05, 4.69) is 10.6 Å². The maximum absolute atomic E-state index is 12.2. The maximum Gasteiger partial charge on any atom is 0.267 e. The Kier molecular flexibility index (Phi) is 5.89. The molecule has 0 aliphatic heterocycles. The van der Waals surface area contributed by atoms with Gasteiger partial charge >= 0.3 is 0 Å². The molecule has 2 amide bonds. The first-order valence-electron chi connectivity index (χ1n) is 7.22.